The van der Waals surface area contributed by atoms with Gasteiger partial charge < -0.3 is 15.0 Å². The second-order valence-electron chi connectivity index (χ2n) is 4.35. The van der Waals surface area contributed by atoms with Crippen molar-refractivity contribution in [2.24, 2.45) is 0 Å². The Morgan fingerprint density at radius 1 is 1.25 bits per heavy atom. The van der Waals surface area contributed by atoms with E-state index in [0.717, 1.165) is 11.4 Å². The summed E-state index contributed by atoms with van der Waals surface area (Å²) in [7, 11) is 5.26. The number of nitrogens with one attached hydrogen (secondary N) is 1. The molecule has 104 valence electrons. The molecule has 20 heavy (non-hydrogen) atoms. The maximum absolute atomic E-state index is 11.3. The van der Waals surface area contributed by atoms with Crippen molar-refractivity contribution >= 4 is 23.2 Å². The zero-order valence-electron chi connectivity index (χ0n) is 11.6. The summed E-state index contributed by atoms with van der Waals surface area (Å²) in [4.78, 5) is 21.4. The lowest BCUT2D eigenvalue weighted by molar-refractivity contribution is 0.0593. The highest BCUT2D eigenvalue weighted by molar-refractivity contribution is 5.86. The van der Waals surface area contributed by atoms with E-state index in [9.17, 15) is 4.79 Å². The topological polar surface area (TPSA) is 67.3 Å². The molecule has 0 atom stereocenters. The first-order valence-corrected chi connectivity index (χ1v) is 6.05. The second kappa shape index (κ2) is 6.01. The highest BCUT2D eigenvalue weighted by atomic mass is 16.5. The molecule has 0 saturated heterocycles. The number of anilines is 3. The van der Waals surface area contributed by atoms with E-state index in [2.05, 4.69) is 20.0 Å². The van der Waals surface area contributed by atoms with Crippen LogP contribution in [0.2, 0.25) is 0 Å². The first kappa shape index (κ1) is 13.8. The predicted octanol–water partition coefficient (Wildman–Crippen LogP) is 2.07. The van der Waals surface area contributed by atoms with Gasteiger partial charge in [-0.2, -0.15) is 0 Å². The molecule has 0 amide bonds. The van der Waals surface area contributed by atoms with Gasteiger partial charge in [-0.15, -0.1) is 0 Å². The van der Waals surface area contributed by atoms with Gasteiger partial charge in [0.2, 0.25) is 0 Å². The van der Waals surface area contributed by atoms with Crippen molar-refractivity contribution in [2.45, 2.75) is 0 Å². The average molecular weight is 272 g/mol. The van der Waals surface area contributed by atoms with Crippen molar-refractivity contribution in [3.05, 3.63) is 42.4 Å². The number of nitrogens with zero attached hydrogens (tertiary/aromatic N) is 3. The molecule has 0 saturated carbocycles. The molecule has 2 aromatic rings. The number of carbonyl (C=O) groups is 1. The number of ether oxygens (including phenoxy) is 1. The molecule has 0 bridgehead atoms. The molecule has 1 aromatic carbocycles. The van der Waals surface area contributed by atoms with Gasteiger partial charge in [0.25, 0.3) is 0 Å². The summed E-state index contributed by atoms with van der Waals surface area (Å²) in [5, 5.41) is 3.13. The van der Waals surface area contributed by atoms with Crippen LogP contribution in [0, 0.1) is 0 Å². The van der Waals surface area contributed by atoms with Crippen molar-refractivity contribution in [1.29, 1.82) is 0 Å². The van der Waals surface area contributed by atoms with Crippen LogP contribution in [-0.4, -0.2) is 37.1 Å². The quantitative estimate of drug-likeness (QED) is 0.859. The summed E-state index contributed by atoms with van der Waals surface area (Å²) in [5.74, 6) is 0.0622. The lowest BCUT2D eigenvalue weighted by Crippen LogP contribution is -2.09. The van der Waals surface area contributed by atoms with Crippen LogP contribution in [0.3, 0.4) is 0 Å². The molecular formula is C14H16N4O2. The minimum atomic E-state index is -0.501. The van der Waals surface area contributed by atoms with Crippen LogP contribution in [0.4, 0.5) is 17.2 Å². The van der Waals surface area contributed by atoms with Gasteiger partial charge >= 0.3 is 5.97 Å². The van der Waals surface area contributed by atoms with Gasteiger partial charge in [-0.3, -0.25) is 0 Å². The van der Waals surface area contributed by atoms with E-state index in [1.165, 1.54) is 19.5 Å². The number of carbonyl (C=O) groups excluding carboxylic acids is 1. The van der Waals surface area contributed by atoms with E-state index in [1.54, 1.807) is 0 Å². The highest BCUT2D eigenvalue weighted by Gasteiger charge is 2.07. The summed E-state index contributed by atoms with van der Waals surface area (Å²) in [6.45, 7) is 0. The van der Waals surface area contributed by atoms with Crippen molar-refractivity contribution < 1.29 is 9.53 Å². The van der Waals surface area contributed by atoms with Gasteiger partial charge in [0.05, 0.1) is 19.5 Å². The number of esters is 1. The maximum atomic E-state index is 11.3. The Kier molecular flexibility index (Phi) is 4.14. The van der Waals surface area contributed by atoms with Gasteiger partial charge in [0.15, 0.2) is 5.69 Å². The zero-order chi connectivity index (χ0) is 14.5. The standard InChI is InChI=1S/C14H16N4O2/c1-18(2)11-6-4-5-10(7-11)17-13-9-15-12(8-16-13)14(19)20-3/h4-9H,1-3H3,(H,16,17). The normalized spacial score (nSPS) is 9.95. The molecular weight excluding hydrogens is 256 g/mol. The molecule has 6 nitrogen and oxygen atoms in total. The minimum absolute atomic E-state index is 0.181. The number of rotatable bonds is 4. The van der Waals surface area contributed by atoms with Crippen LogP contribution in [0.1, 0.15) is 10.5 Å². The van der Waals surface area contributed by atoms with Gasteiger partial charge in [-0.05, 0) is 18.2 Å². The third kappa shape index (κ3) is 3.23. The third-order valence-electron chi connectivity index (χ3n) is 2.68. The molecule has 0 aliphatic heterocycles. The lowest BCUT2D eigenvalue weighted by Gasteiger charge is -2.14. The third-order valence-corrected chi connectivity index (χ3v) is 2.68. The number of methoxy groups -OCH3 is 1. The first-order chi connectivity index (χ1) is 9.60. The molecule has 0 aliphatic rings. The molecule has 0 aliphatic carbocycles. The summed E-state index contributed by atoms with van der Waals surface area (Å²) >= 11 is 0. The largest absolute Gasteiger partial charge is 0.464 e. The molecule has 0 unspecified atom stereocenters. The Morgan fingerprint density at radius 2 is 2.05 bits per heavy atom. The zero-order valence-corrected chi connectivity index (χ0v) is 11.6. The minimum Gasteiger partial charge on any atom is -0.464 e. The fourth-order valence-corrected chi connectivity index (χ4v) is 1.61. The van der Waals surface area contributed by atoms with Gasteiger partial charge in [0, 0.05) is 25.5 Å². The van der Waals surface area contributed by atoms with Crippen LogP contribution in [-0.2, 0) is 4.74 Å². The van der Waals surface area contributed by atoms with Crippen molar-refractivity contribution in [3.8, 4) is 0 Å². The Morgan fingerprint density at radius 3 is 2.65 bits per heavy atom. The molecule has 0 spiro atoms. The Labute approximate surface area is 117 Å². The summed E-state index contributed by atoms with van der Waals surface area (Å²) in [5.41, 5.74) is 2.16. The SMILES string of the molecule is COC(=O)c1cnc(Nc2cccc(N(C)C)c2)cn1. The molecule has 0 fully saturated rings. The van der Waals surface area contributed by atoms with Crippen molar-refractivity contribution in [3.63, 3.8) is 0 Å². The van der Waals surface area contributed by atoms with E-state index in [-0.39, 0.29) is 5.69 Å². The number of benzene rings is 1. The monoisotopic (exact) mass is 272 g/mol. The second-order valence-corrected chi connectivity index (χ2v) is 4.35. The van der Waals surface area contributed by atoms with Crippen LogP contribution in [0.5, 0.6) is 0 Å². The summed E-state index contributed by atoms with van der Waals surface area (Å²) < 4.78 is 4.57. The average Bonchev–Trinajstić information content (AvgIpc) is 2.47. The van der Waals surface area contributed by atoms with E-state index in [0.29, 0.717) is 5.82 Å². The maximum Gasteiger partial charge on any atom is 0.358 e. The smallest absolute Gasteiger partial charge is 0.358 e. The number of aromatic nitrogens is 2. The number of hydrogen-bond donors (Lipinski definition) is 1. The van der Waals surface area contributed by atoms with Crippen LogP contribution < -0.4 is 10.2 Å². The molecule has 1 N–H and O–H groups in total. The number of hydrogen-bond acceptors (Lipinski definition) is 6. The Bertz CT molecular complexity index is 596. The molecule has 1 heterocycles. The Balaban J connectivity index is 2.14. The molecule has 2 rings (SSSR count). The summed E-state index contributed by atoms with van der Waals surface area (Å²) in [6.07, 6.45) is 2.87. The van der Waals surface area contributed by atoms with Crippen LogP contribution in [0.25, 0.3) is 0 Å². The highest BCUT2D eigenvalue weighted by Crippen LogP contribution is 2.20. The molecule has 6 heteroatoms. The van der Waals surface area contributed by atoms with E-state index in [4.69, 9.17) is 0 Å². The van der Waals surface area contributed by atoms with Crippen molar-refractivity contribution in [2.75, 3.05) is 31.4 Å². The Hall–Kier alpha value is -2.63. The van der Waals surface area contributed by atoms with Crippen molar-refractivity contribution in [1.82, 2.24) is 9.97 Å². The fourth-order valence-electron chi connectivity index (χ4n) is 1.61. The van der Waals surface area contributed by atoms with E-state index < -0.39 is 5.97 Å². The van der Waals surface area contributed by atoms with Gasteiger partial charge in [-0.25, -0.2) is 14.8 Å². The van der Waals surface area contributed by atoms with Crippen LogP contribution >= 0.6 is 0 Å². The van der Waals surface area contributed by atoms with Gasteiger partial charge in [0.1, 0.15) is 5.82 Å². The molecule has 0 radical (unpaired) electrons. The molecule has 1 aromatic heterocycles. The first-order valence-electron chi connectivity index (χ1n) is 6.05. The van der Waals surface area contributed by atoms with Gasteiger partial charge in [-0.1, -0.05) is 6.07 Å². The summed E-state index contributed by atoms with van der Waals surface area (Å²) in [6, 6.07) is 7.89. The van der Waals surface area contributed by atoms with Crippen LogP contribution in [0.15, 0.2) is 36.7 Å². The fraction of sp³-hybridized carbons (Fsp3) is 0.214. The lowest BCUT2D eigenvalue weighted by atomic mass is 10.2. The van der Waals surface area contributed by atoms with E-state index >= 15 is 0 Å². The van der Waals surface area contributed by atoms with E-state index in [1.807, 2.05) is 43.3 Å². The predicted molar refractivity (Wildman–Crippen MR) is 77.4 cm³/mol.